The van der Waals surface area contributed by atoms with Crippen LogP contribution in [0, 0.1) is 29.6 Å². The Morgan fingerprint density at radius 3 is 1.79 bits per heavy atom. The van der Waals surface area contributed by atoms with Gasteiger partial charge in [0.1, 0.15) is 17.3 Å². The number of rotatable bonds is 11. The zero-order valence-electron chi connectivity index (χ0n) is 19.1. The largest absolute Gasteiger partial charge is 0.497 e. The van der Waals surface area contributed by atoms with Crippen molar-refractivity contribution in [1.82, 2.24) is 0 Å². The summed E-state index contributed by atoms with van der Waals surface area (Å²) >= 11 is 0. The lowest BCUT2D eigenvalue weighted by molar-refractivity contribution is -0.134. The van der Waals surface area contributed by atoms with Crippen LogP contribution < -0.4 is 4.74 Å². The average molecular weight is 401 g/mol. The molecule has 0 aliphatic heterocycles. The number of hydrogen-bond donors (Lipinski definition) is 0. The van der Waals surface area contributed by atoms with E-state index in [4.69, 9.17) is 4.74 Å². The molecular weight excluding hydrogens is 360 g/mol. The highest BCUT2D eigenvalue weighted by atomic mass is 16.5. The van der Waals surface area contributed by atoms with E-state index in [0.29, 0.717) is 36.5 Å². The Bertz CT molecular complexity index is 614. The molecule has 0 unspecified atom stereocenters. The fourth-order valence-corrected chi connectivity index (χ4v) is 4.63. The molecule has 1 aliphatic carbocycles. The van der Waals surface area contributed by atoms with Crippen molar-refractivity contribution in [2.75, 3.05) is 7.11 Å². The molecule has 2 rings (SSSR count). The summed E-state index contributed by atoms with van der Waals surface area (Å²) < 4.78 is 5.24. The van der Waals surface area contributed by atoms with Crippen molar-refractivity contribution in [3.05, 3.63) is 29.8 Å². The number of ketones is 2. The zero-order valence-corrected chi connectivity index (χ0v) is 19.1. The van der Waals surface area contributed by atoms with Crippen LogP contribution in [0.15, 0.2) is 24.3 Å². The van der Waals surface area contributed by atoms with Gasteiger partial charge in [-0.3, -0.25) is 9.59 Å². The summed E-state index contributed by atoms with van der Waals surface area (Å²) in [5, 5.41) is 0. The topological polar surface area (TPSA) is 43.4 Å². The number of carbonyl (C=O) groups excluding carboxylic acids is 2. The number of hydrogen-bond acceptors (Lipinski definition) is 3. The van der Waals surface area contributed by atoms with Crippen LogP contribution in [0.2, 0.25) is 0 Å². The Balaban J connectivity index is 1.89. The quantitative estimate of drug-likeness (QED) is 0.411. The van der Waals surface area contributed by atoms with E-state index in [9.17, 15) is 9.59 Å². The molecular formula is C26H40O3. The Labute approximate surface area is 177 Å². The molecule has 162 valence electrons. The smallest absolute Gasteiger partial charge is 0.143 e. The molecule has 0 N–H and O–H groups in total. The molecule has 1 aromatic rings. The van der Waals surface area contributed by atoms with Gasteiger partial charge in [0, 0.05) is 12.8 Å². The van der Waals surface area contributed by atoms with E-state index >= 15 is 0 Å². The first-order valence-corrected chi connectivity index (χ1v) is 11.5. The fourth-order valence-electron chi connectivity index (χ4n) is 4.63. The van der Waals surface area contributed by atoms with Crippen LogP contribution in [0.25, 0.3) is 0 Å². The molecule has 0 spiro atoms. The van der Waals surface area contributed by atoms with Crippen LogP contribution >= 0.6 is 0 Å². The standard InChI is InChI=1S/C26H40O3/c1-18(2)14-25(27)24(26(28)15-19(3)4)17-22-8-6-20(7-9-22)16-21-10-12-23(29-5)13-11-21/h10-13,18-20,22,24H,6-9,14-17H2,1-5H3. The first kappa shape index (κ1) is 23.6. The number of benzene rings is 1. The highest BCUT2D eigenvalue weighted by molar-refractivity contribution is 6.02. The summed E-state index contributed by atoms with van der Waals surface area (Å²) in [6.07, 6.45) is 7.61. The van der Waals surface area contributed by atoms with E-state index in [1.54, 1.807) is 7.11 Å². The number of methoxy groups -OCH3 is 1. The Morgan fingerprint density at radius 2 is 1.34 bits per heavy atom. The van der Waals surface area contributed by atoms with Gasteiger partial charge in [-0.1, -0.05) is 52.7 Å². The number of ether oxygens (including phenoxy) is 1. The minimum atomic E-state index is -0.372. The summed E-state index contributed by atoms with van der Waals surface area (Å²) in [6.45, 7) is 8.25. The van der Waals surface area contributed by atoms with Gasteiger partial charge in [0.05, 0.1) is 13.0 Å². The molecule has 3 heteroatoms. The third kappa shape index (κ3) is 7.95. The lowest BCUT2D eigenvalue weighted by atomic mass is 9.74. The molecule has 3 nitrogen and oxygen atoms in total. The Kier molecular flexibility index (Phi) is 9.39. The van der Waals surface area contributed by atoms with Crippen molar-refractivity contribution in [1.29, 1.82) is 0 Å². The maximum Gasteiger partial charge on any atom is 0.143 e. The van der Waals surface area contributed by atoms with Gasteiger partial charge in [-0.15, -0.1) is 0 Å². The molecule has 0 aromatic heterocycles. The number of carbonyl (C=O) groups is 2. The predicted octanol–water partition coefficient (Wildman–Crippen LogP) is 6.28. The summed E-state index contributed by atoms with van der Waals surface area (Å²) in [6, 6.07) is 8.39. The van der Waals surface area contributed by atoms with Crippen LogP contribution in [0.1, 0.15) is 78.2 Å². The van der Waals surface area contributed by atoms with Crippen molar-refractivity contribution >= 4 is 11.6 Å². The Hall–Kier alpha value is -1.64. The van der Waals surface area contributed by atoms with E-state index in [2.05, 4.69) is 39.8 Å². The third-order valence-corrected chi connectivity index (χ3v) is 6.21. The van der Waals surface area contributed by atoms with Crippen molar-refractivity contribution < 1.29 is 14.3 Å². The van der Waals surface area contributed by atoms with Crippen LogP contribution in [0.5, 0.6) is 5.75 Å². The highest BCUT2D eigenvalue weighted by Crippen LogP contribution is 2.35. The zero-order chi connectivity index (χ0) is 21.4. The van der Waals surface area contributed by atoms with E-state index in [1.807, 2.05) is 12.1 Å². The molecule has 1 aliphatic rings. The van der Waals surface area contributed by atoms with E-state index in [-0.39, 0.29) is 17.5 Å². The van der Waals surface area contributed by atoms with Crippen molar-refractivity contribution in [2.45, 2.75) is 79.1 Å². The van der Waals surface area contributed by atoms with Crippen molar-refractivity contribution in [2.24, 2.45) is 29.6 Å². The Morgan fingerprint density at radius 1 is 0.862 bits per heavy atom. The molecule has 0 heterocycles. The maximum absolute atomic E-state index is 12.8. The minimum Gasteiger partial charge on any atom is -0.497 e. The molecule has 0 radical (unpaired) electrons. The summed E-state index contributed by atoms with van der Waals surface area (Å²) in [4.78, 5) is 25.6. The van der Waals surface area contributed by atoms with E-state index in [1.165, 1.54) is 18.4 Å². The second-order valence-electron chi connectivity index (χ2n) is 9.86. The van der Waals surface area contributed by atoms with Gasteiger partial charge < -0.3 is 4.74 Å². The first-order chi connectivity index (χ1) is 13.8. The molecule has 0 amide bonds. The van der Waals surface area contributed by atoms with E-state index < -0.39 is 0 Å². The molecule has 1 saturated carbocycles. The molecule has 29 heavy (non-hydrogen) atoms. The summed E-state index contributed by atoms with van der Waals surface area (Å²) in [7, 11) is 1.70. The van der Waals surface area contributed by atoms with Crippen molar-refractivity contribution in [3.63, 3.8) is 0 Å². The van der Waals surface area contributed by atoms with Gasteiger partial charge >= 0.3 is 0 Å². The van der Waals surface area contributed by atoms with Crippen LogP contribution in [-0.4, -0.2) is 18.7 Å². The molecule has 0 atom stereocenters. The van der Waals surface area contributed by atoms with Crippen LogP contribution in [0.4, 0.5) is 0 Å². The second kappa shape index (κ2) is 11.5. The van der Waals surface area contributed by atoms with Gasteiger partial charge in [0.15, 0.2) is 0 Å². The van der Waals surface area contributed by atoms with Crippen LogP contribution in [0.3, 0.4) is 0 Å². The van der Waals surface area contributed by atoms with Gasteiger partial charge in [-0.25, -0.2) is 0 Å². The number of Topliss-reactive ketones (excluding diaryl/α,β-unsaturated/α-hetero) is 2. The SMILES string of the molecule is COc1ccc(CC2CCC(CC(C(=O)CC(C)C)C(=O)CC(C)C)CC2)cc1. The lowest BCUT2D eigenvalue weighted by Gasteiger charge is -2.31. The van der Waals surface area contributed by atoms with Crippen LogP contribution in [-0.2, 0) is 16.0 Å². The second-order valence-corrected chi connectivity index (χ2v) is 9.86. The highest BCUT2D eigenvalue weighted by Gasteiger charge is 2.31. The van der Waals surface area contributed by atoms with Gasteiger partial charge in [-0.2, -0.15) is 0 Å². The molecule has 1 fully saturated rings. The minimum absolute atomic E-state index is 0.172. The normalized spacial score (nSPS) is 19.7. The summed E-state index contributed by atoms with van der Waals surface area (Å²) in [5.74, 6) is 2.73. The maximum atomic E-state index is 12.8. The third-order valence-electron chi connectivity index (χ3n) is 6.21. The average Bonchev–Trinajstić information content (AvgIpc) is 2.66. The lowest BCUT2D eigenvalue weighted by Crippen LogP contribution is -2.30. The first-order valence-electron chi connectivity index (χ1n) is 11.5. The molecule has 1 aromatic carbocycles. The van der Waals surface area contributed by atoms with Gasteiger partial charge in [0.25, 0.3) is 0 Å². The van der Waals surface area contributed by atoms with E-state index in [0.717, 1.165) is 31.4 Å². The molecule has 0 saturated heterocycles. The van der Waals surface area contributed by atoms with Gasteiger partial charge in [-0.05, 0) is 67.1 Å². The predicted molar refractivity (Wildman–Crippen MR) is 119 cm³/mol. The molecule has 0 bridgehead atoms. The van der Waals surface area contributed by atoms with Crippen molar-refractivity contribution in [3.8, 4) is 5.75 Å². The monoisotopic (exact) mass is 400 g/mol. The summed E-state index contributed by atoms with van der Waals surface area (Å²) in [5.41, 5.74) is 1.37. The van der Waals surface area contributed by atoms with Gasteiger partial charge in [0.2, 0.25) is 0 Å². The fraction of sp³-hybridized carbons (Fsp3) is 0.692.